The minimum atomic E-state index is -1.46. The molecule has 3 aromatic rings. The number of anilines is 1. The number of carbonyl (C=O) groups is 2. The zero-order chi connectivity index (χ0) is 23.9. The van der Waals surface area contributed by atoms with E-state index >= 15 is 8.78 Å². The van der Waals surface area contributed by atoms with Crippen LogP contribution >= 0.6 is 0 Å². The lowest BCUT2D eigenvalue weighted by Crippen LogP contribution is -2.54. The lowest BCUT2D eigenvalue weighted by atomic mass is 10.1. The summed E-state index contributed by atoms with van der Waals surface area (Å²) in [5.41, 5.74) is -1.36. The minimum absolute atomic E-state index is 0.139. The molecule has 1 fully saturated rings. The highest BCUT2D eigenvalue weighted by molar-refractivity contribution is 5.95. The average molecular weight is 455 g/mol. The number of benzene rings is 2. The van der Waals surface area contributed by atoms with E-state index in [4.69, 9.17) is 0 Å². The van der Waals surface area contributed by atoms with E-state index in [9.17, 15) is 19.5 Å². The van der Waals surface area contributed by atoms with Crippen molar-refractivity contribution in [2.24, 2.45) is 0 Å². The molecule has 0 spiro atoms. The molecule has 0 saturated carbocycles. The number of pyridine rings is 1. The third-order valence-electron chi connectivity index (χ3n) is 6.03. The molecule has 1 amide bonds. The van der Waals surface area contributed by atoms with Crippen molar-refractivity contribution in [2.75, 3.05) is 24.5 Å². The number of amides is 1. The minimum Gasteiger partial charge on any atom is -0.477 e. The van der Waals surface area contributed by atoms with Gasteiger partial charge in [0.05, 0.1) is 10.9 Å². The lowest BCUT2D eigenvalue weighted by molar-refractivity contribution is 0.0670. The summed E-state index contributed by atoms with van der Waals surface area (Å²) in [6.07, 6.45) is 1.08. The number of piperazine rings is 1. The van der Waals surface area contributed by atoms with E-state index in [1.807, 2.05) is 13.0 Å². The van der Waals surface area contributed by atoms with Gasteiger partial charge < -0.3 is 19.5 Å². The summed E-state index contributed by atoms with van der Waals surface area (Å²) in [5.74, 6) is -3.47. The van der Waals surface area contributed by atoms with Crippen molar-refractivity contribution in [3.05, 3.63) is 75.6 Å². The van der Waals surface area contributed by atoms with Gasteiger partial charge in [-0.3, -0.25) is 9.59 Å². The van der Waals surface area contributed by atoms with Crippen molar-refractivity contribution in [3.8, 4) is 0 Å². The number of aryl methyl sites for hydroxylation is 1. The fraction of sp³-hybridized carbons (Fsp3) is 0.292. The quantitative estimate of drug-likeness (QED) is 0.653. The van der Waals surface area contributed by atoms with Gasteiger partial charge in [0.1, 0.15) is 17.1 Å². The van der Waals surface area contributed by atoms with Gasteiger partial charge in [-0.2, -0.15) is 0 Å². The fourth-order valence-electron chi connectivity index (χ4n) is 4.38. The molecule has 1 unspecified atom stereocenters. The Morgan fingerprint density at radius 1 is 1.15 bits per heavy atom. The highest BCUT2D eigenvalue weighted by Crippen LogP contribution is 2.32. The number of hydrogen-bond donors (Lipinski definition) is 1. The number of carbonyl (C=O) groups excluding carboxylic acids is 1. The number of aromatic nitrogens is 1. The number of hydrogen-bond acceptors (Lipinski definition) is 4. The first-order valence-corrected chi connectivity index (χ1v) is 10.6. The number of halogens is 2. The van der Waals surface area contributed by atoms with Crippen LogP contribution in [0.4, 0.5) is 14.5 Å². The number of rotatable bonds is 4. The Morgan fingerprint density at radius 2 is 1.85 bits per heavy atom. The Kier molecular flexibility index (Phi) is 5.88. The summed E-state index contributed by atoms with van der Waals surface area (Å²) in [7, 11) is 0. The first-order chi connectivity index (χ1) is 15.7. The van der Waals surface area contributed by atoms with Crippen LogP contribution in [0.5, 0.6) is 0 Å². The number of carboxylic acids is 1. The van der Waals surface area contributed by atoms with Crippen LogP contribution in [-0.4, -0.2) is 52.1 Å². The summed E-state index contributed by atoms with van der Waals surface area (Å²) in [6.45, 7) is 4.34. The first-order valence-electron chi connectivity index (χ1n) is 10.6. The van der Waals surface area contributed by atoms with Crippen LogP contribution in [0.15, 0.2) is 47.4 Å². The molecule has 7 nitrogen and oxygen atoms in total. The summed E-state index contributed by atoms with van der Waals surface area (Å²) in [5, 5.41) is 8.96. The molecule has 1 atom stereocenters. The van der Waals surface area contributed by atoms with Crippen molar-refractivity contribution in [1.82, 2.24) is 9.47 Å². The van der Waals surface area contributed by atoms with Crippen LogP contribution in [0.2, 0.25) is 0 Å². The van der Waals surface area contributed by atoms with Crippen molar-refractivity contribution >= 4 is 28.5 Å². The lowest BCUT2D eigenvalue weighted by Gasteiger charge is -2.41. The van der Waals surface area contributed by atoms with Crippen molar-refractivity contribution in [1.29, 1.82) is 0 Å². The number of nitrogens with zero attached hydrogens (tertiary/aromatic N) is 3. The molecule has 2 aromatic carbocycles. The molecule has 0 bridgehead atoms. The highest BCUT2D eigenvalue weighted by atomic mass is 19.1. The highest BCUT2D eigenvalue weighted by Gasteiger charge is 2.32. The fourth-order valence-corrected chi connectivity index (χ4v) is 4.38. The molecule has 1 aliphatic rings. The zero-order valence-corrected chi connectivity index (χ0v) is 18.2. The van der Waals surface area contributed by atoms with Crippen LogP contribution in [-0.2, 0) is 6.54 Å². The van der Waals surface area contributed by atoms with E-state index in [0.29, 0.717) is 5.56 Å². The Labute approximate surface area is 188 Å². The van der Waals surface area contributed by atoms with Crippen molar-refractivity contribution in [2.45, 2.75) is 26.4 Å². The molecule has 1 aliphatic heterocycles. The molecule has 2 heterocycles. The van der Waals surface area contributed by atoms with Crippen LogP contribution in [0.1, 0.15) is 34.6 Å². The molecule has 4 rings (SSSR count). The Balaban J connectivity index is 1.72. The molecule has 172 valence electrons. The van der Waals surface area contributed by atoms with Gasteiger partial charge in [0.15, 0.2) is 5.82 Å². The van der Waals surface area contributed by atoms with Gasteiger partial charge >= 0.3 is 5.97 Å². The normalized spacial score (nSPS) is 16.3. The molecule has 33 heavy (non-hydrogen) atoms. The maximum atomic E-state index is 15.7. The van der Waals surface area contributed by atoms with Crippen molar-refractivity contribution < 1.29 is 23.5 Å². The molecule has 1 N–H and O–H groups in total. The van der Waals surface area contributed by atoms with Crippen molar-refractivity contribution in [3.63, 3.8) is 0 Å². The van der Waals surface area contributed by atoms with Gasteiger partial charge in [-0.1, -0.05) is 18.2 Å². The molecule has 1 aromatic heterocycles. The maximum Gasteiger partial charge on any atom is 0.341 e. The predicted octanol–water partition coefficient (Wildman–Crippen LogP) is 3.35. The largest absolute Gasteiger partial charge is 0.477 e. The Bertz CT molecular complexity index is 1310. The van der Waals surface area contributed by atoms with Gasteiger partial charge in [-0.15, -0.1) is 0 Å². The number of carboxylic acid groups (broad SMARTS) is 1. The van der Waals surface area contributed by atoms with E-state index in [1.54, 1.807) is 36.1 Å². The maximum absolute atomic E-state index is 15.7. The van der Waals surface area contributed by atoms with Gasteiger partial charge in [-0.25, -0.2) is 13.6 Å². The van der Waals surface area contributed by atoms with Crippen LogP contribution in [0, 0.1) is 11.6 Å². The second-order valence-electron chi connectivity index (χ2n) is 8.04. The van der Waals surface area contributed by atoms with Gasteiger partial charge in [0.2, 0.25) is 5.43 Å². The summed E-state index contributed by atoms with van der Waals surface area (Å²) in [4.78, 5) is 40.0. The molecular weight excluding hydrogens is 432 g/mol. The van der Waals surface area contributed by atoms with Crippen LogP contribution in [0.25, 0.3) is 10.9 Å². The summed E-state index contributed by atoms with van der Waals surface area (Å²) < 4.78 is 32.1. The SMILES string of the molecule is CCn1cc(C(=O)O)c(=O)c2cc(F)c(N3CCN(C(=O)c4ccccc4)C(C)C3)c(F)c21. The Hall–Kier alpha value is -3.75. The third kappa shape index (κ3) is 3.83. The second-order valence-corrected chi connectivity index (χ2v) is 8.04. The molecule has 0 radical (unpaired) electrons. The first kappa shape index (κ1) is 22.4. The molecular formula is C24H23F2N3O4. The molecule has 0 aliphatic carbocycles. The zero-order valence-electron chi connectivity index (χ0n) is 18.2. The van der Waals surface area contributed by atoms with E-state index in [1.165, 1.54) is 9.47 Å². The predicted molar refractivity (Wildman–Crippen MR) is 120 cm³/mol. The standard InChI is InChI=1S/C24H23F2N3O4/c1-3-27-13-17(24(32)33)22(30)16-11-18(25)21(19(26)20(16)27)28-9-10-29(14(2)12-28)23(31)15-7-5-4-6-8-15/h4-8,11,13-14H,3,9-10,12H2,1-2H3,(H,32,33). The van der Waals surface area contributed by atoms with Gasteiger partial charge in [0, 0.05) is 44.0 Å². The second kappa shape index (κ2) is 8.65. The Morgan fingerprint density at radius 3 is 2.45 bits per heavy atom. The van der Waals surface area contributed by atoms with Gasteiger partial charge in [0.25, 0.3) is 5.91 Å². The van der Waals surface area contributed by atoms with Gasteiger partial charge in [-0.05, 0) is 32.0 Å². The van der Waals surface area contributed by atoms with Crippen LogP contribution < -0.4 is 10.3 Å². The summed E-state index contributed by atoms with van der Waals surface area (Å²) in [6, 6.07) is 9.40. The van der Waals surface area contributed by atoms with Crippen LogP contribution in [0.3, 0.4) is 0 Å². The summed E-state index contributed by atoms with van der Waals surface area (Å²) >= 11 is 0. The van der Waals surface area contributed by atoms with E-state index in [0.717, 1.165) is 12.3 Å². The van der Waals surface area contributed by atoms with E-state index in [-0.39, 0.29) is 54.7 Å². The topological polar surface area (TPSA) is 82.8 Å². The monoisotopic (exact) mass is 455 g/mol. The van der Waals surface area contributed by atoms with E-state index in [2.05, 4.69) is 0 Å². The molecule has 1 saturated heterocycles. The molecule has 9 heteroatoms. The number of aromatic carboxylic acids is 1. The van der Waals surface area contributed by atoms with E-state index < -0.39 is 28.6 Å². The smallest absolute Gasteiger partial charge is 0.341 e. The third-order valence-corrected chi connectivity index (χ3v) is 6.03. The number of fused-ring (bicyclic) bond motifs is 1. The average Bonchev–Trinajstić information content (AvgIpc) is 2.79.